The van der Waals surface area contributed by atoms with Crippen molar-refractivity contribution < 1.29 is 14.3 Å². The van der Waals surface area contributed by atoms with Gasteiger partial charge in [0, 0.05) is 4.90 Å². The Kier molecular flexibility index (Phi) is 5.50. The second kappa shape index (κ2) is 7.80. The molecule has 0 unspecified atom stereocenters. The average molecular weight is 418 g/mol. The van der Waals surface area contributed by atoms with Crippen molar-refractivity contribution in [3.05, 3.63) is 64.0 Å². The third kappa shape index (κ3) is 3.91. The van der Waals surface area contributed by atoms with Crippen LogP contribution in [0.15, 0.2) is 63.3 Å². The van der Waals surface area contributed by atoms with Gasteiger partial charge in [-0.1, -0.05) is 36.5 Å². The van der Waals surface area contributed by atoms with Gasteiger partial charge >= 0.3 is 0 Å². The summed E-state index contributed by atoms with van der Waals surface area (Å²) in [5.41, 5.74) is 1.67. The molecule has 0 fully saturated rings. The molecule has 0 aromatic heterocycles. The van der Waals surface area contributed by atoms with E-state index in [-0.39, 0.29) is 5.91 Å². The van der Waals surface area contributed by atoms with Gasteiger partial charge in [0.15, 0.2) is 11.5 Å². The first-order valence-electron chi connectivity index (χ1n) is 7.53. The van der Waals surface area contributed by atoms with Crippen molar-refractivity contribution in [3.63, 3.8) is 0 Å². The highest BCUT2D eigenvalue weighted by Crippen LogP contribution is 2.41. The second-order valence-electron chi connectivity index (χ2n) is 5.19. The maximum Gasteiger partial charge on any atom is 0.262 e. The second-order valence-corrected chi connectivity index (χ2v) is 7.13. The van der Waals surface area contributed by atoms with Crippen molar-refractivity contribution >= 4 is 45.4 Å². The molecule has 0 saturated heterocycles. The molecular formula is C19H16BrNO3S. The Morgan fingerprint density at radius 1 is 1.32 bits per heavy atom. The van der Waals surface area contributed by atoms with Crippen LogP contribution in [0.25, 0.3) is 6.08 Å². The van der Waals surface area contributed by atoms with Gasteiger partial charge in [-0.3, -0.25) is 4.79 Å². The lowest BCUT2D eigenvalue weighted by atomic mass is 10.2. The van der Waals surface area contributed by atoms with Crippen LogP contribution in [0.1, 0.15) is 5.56 Å². The maximum atomic E-state index is 12.3. The number of carbonyl (C=O) groups is 1. The van der Waals surface area contributed by atoms with Crippen molar-refractivity contribution in [2.75, 3.05) is 19.0 Å². The fraction of sp³-hybridized carbons (Fsp3) is 0.105. The minimum absolute atomic E-state index is 0.120. The minimum atomic E-state index is -0.120. The molecule has 0 aliphatic carbocycles. The Balaban J connectivity index is 1.94. The molecule has 0 bridgehead atoms. The fourth-order valence-corrected chi connectivity index (χ4v) is 3.88. The molecule has 1 aliphatic heterocycles. The average Bonchev–Trinajstić information content (AvgIpc) is 2.61. The number of amides is 1. The number of halogens is 1. The Bertz CT molecular complexity index is 864. The Morgan fingerprint density at radius 2 is 2.12 bits per heavy atom. The summed E-state index contributed by atoms with van der Waals surface area (Å²) in [5.74, 6) is 1.08. The molecule has 1 aliphatic rings. The van der Waals surface area contributed by atoms with E-state index in [9.17, 15) is 4.79 Å². The SMILES string of the molecule is C=CCOc1c(Br)cc(/C=C2\Sc3ccccc3NC2=O)cc1OC. The van der Waals surface area contributed by atoms with Crippen LogP contribution in [-0.2, 0) is 4.79 Å². The van der Waals surface area contributed by atoms with Crippen molar-refractivity contribution in [1.29, 1.82) is 0 Å². The van der Waals surface area contributed by atoms with Crippen molar-refractivity contribution in [3.8, 4) is 11.5 Å². The van der Waals surface area contributed by atoms with E-state index >= 15 is 0 Å². The van der Waals surface area contributed by atoms with Crippen LogP contribution >= 0.6 is 27.7 Å². The van der Waals surface area contributed by atoms with Gasteiger partial charge in [-0.15, -0.1) is 0 Å². The standard InChI is InChI=1S/C19H16BrNO3S/c1-3-8-24-18-13(20)9-12(10-15(18)23-2)11-17-19(22)21-14-6-4-5-7-16(14)25-17/h3-7,9-11H,1,8H2,2H3,(H,21,22)/b17-11-. The first-order valence-corrected chi connectivity index (χ1v) is 9.14. The quantitative estimate of drug-likeness (QED) is 0.542. The van der Waals surface area contributed by atoms with Crippen LogP contribution in [-0.4, -0.2) is 19.6 Å². The zero-order valence-corrected chi connectivity index (χ0v) is 15.9. The number of fused-ring (bicyclic) bond motifs is 1. The number of thioether (sulfide) groups is 1. The van der Waals surface area contributed by atoms with Crippen LogP contribution in [0.2, 0.25) is 0 Å². The predicted molar refractivity (Wildman–Crippen MR) is 105 cm³/mol. The summed E-state index contributed by atoms with van der Waals surface area (Å²) in [6, 6.07) is 11.5. The number of benzene rings is 2. The summed E-state index contributed by atoms with van der Waals surface area (Å²) in [6.07, 6.45) is 3.50. The lowest BCUT2D eigenvalue weighted by Crippen LogP contribution is -2.17. The molecule has 4 nitrogen and oxygen atoms in total. The normalized spacial score (nSPS) is 14.6. The van der Waals surface area contributed by atoms with Crippen molar-refractivity contribution in [2.45, 2.75) is 4.90 Å². The van der Waals surface area contributed by atoms with E-state index in [1.165, 1.54) is 11.8 Å². The zero-order valence-electron chi connectivity index (χ0n) is 13.5. The lowest BCUT2D eigenvalue weighted by molar-refractivity contribution is -0.112. The molecule has 3 rings (SSSR count). The number of ether oxygens (including phenoxy) is 2. The summed E-state index contributed by atoms with van der Waals surface area (Å²) in [7, 11) is 1.58. The van der Waals surface area contributed by atoms with Crippen LogP contribution in [0.5, 0.6) is 11.5 Å². The highest BCUT2D eigenvalue weighted by molar-refractivity contribution is 9.10. The van der Waals surface area contributed by atoms with Gasteiger partial charge in [0.2, 0.25) is 0 Å². The molecule has 6 heteroatoms. The molecule has 25 heavy (non-hydrogen) atoms. The summed E-state index contributed by atoms with van der Waals surface area (Å²) in [5, 5.41) is 2.91. The van der Waals surface area contributed by atoms with Gasteiger partial charge in [0.25, 0.3) is 5.91 Å². The number of carbonyl (C=O) groups excluding carboxylic acids is 1. The van der Waals surface area contributed by atoms with Crippen molar-refractivity contribution in [2.24, 2.45) is 0 Å². The van der Waals surface area contributed by atoms with E-state index in [4.69, 9.17) is 9.47 Å². The van der Waals surface area contributed by atoms with E-state index in [1.54, 1.807) is 13.2 Å². The number of rotatable bonds is 5. The van der Waals surface area contributed by atoms with Gasteiger partial charge in [0.1, 0.15) is 6.61 Å². The molecule has 0 saturated carbocycles. The largest absolute Gasteiger partial charge is 0.493 e. The van der Waals surface area contributed by atoms with Crippen LogP contribution < -0.4 is 14.8 Å². The molecule has 0 radical (unpaired) electrons. The monoisotopic (exact) mass is 417 g/mol. The van der Waals surface area contributed by atoms with E-state index < -0.39 is 0 Å². The molecular weight excluding hydrogens is 402 g/mol. The van der Waals surface area contributed by atoms with E-state index in [1.807, 2.05) is 42.5 Å². The van der Waals surface area contributed by atoms with Crippen LogP contribution in [0.3, 0.4) is 0 Å². The number of nitrogens with one attached hydrogen (secondary N) is 1. The zero-order chi connectivity index (χ0) is 17.8. The van der Waals surface area contributed by atoms with Crippen molar-refractivity contribution in [1.82, 2.24) is 0 Å². The third-order valence-corrected chi connectivity index (χ3v) is 5.16. The molecule has 2 aromatic carbocycles. The Labute approximate surface area is 159 Å². The predicted octanol–water partition coefficient (Wildman–Crippen LogP) is 5.11. The van der Waals surface area contributed by atoms with Gasteiger partial charge < -0.3 is 14.8 Å². The fourth-order valence-electron chi connectivity index (χ4n) is 2.36. The number of methoxy groups -OCH3 is 1. The molecule has 2 aromatic rings. The smallest absolute Gasteiger partial charge is 0.262 e. The van der Waals surface area contributed by atoms with E-state index in [0.717, 1.165) is 20.6 Å². The van der Waals surface area contributed by atoms with Gasteiger partial charge in [-0.25, -0.2) is 0 Å². The first-order chi connectivity index (χ1) is 12.1. The number of hydrogen-bond donors (Lipinski definition) is 1. The Hall–Kier alpha value is -2.18. The number of para-hydroxylation sites is 1. The first kappa shape index (κ1) is 17.6. The third-order valence-electron chi connectivity index (χ3n) is 3.47. The molecule has 1 heterocycles. The number of anilines is 1. The lowest BCUT2D eigenvalue weighted by Gasteiger charge is -2.18. The minimum Gasteiger partial charge on any atom is -0.493 e. The summed E-state index contributed by atoms with van der Waals surface area (Å²) < 4.78 is 11.8. The summed E-state index contributed by atoms with van der Waals surface area (Å²) in [4.78, 5) is 14.0. The summed E-state index contributed by atoms with van der Waals surface area (Å²) >= 11 is 4.94. The highest BCUT2D eigenvalue weighted by atomic mass is 79.9. The number of hydrogen-bond acceptors (Lipinski definition) is 4. The van der Waals surface area contributed by atoms with E-state index in [0.29, 0.717) is 23.0 Å². The van der Waals surface area contributed by atoms with E-state index in [2.05, 4.69) is 27.8 Å². The summed E-state index contributed by atoms with van der Waals surface area (Å²) in [6.45, 7) is 4.02. The van der Waals surface area contributed by atoms with Gasteiger partial charge in [-0.05, 0) is 51.8 Å². The van der Waals surface area contributed by atoms with Gasteiger partial charge in [0.05, 0.1) is 22.2 Å². The molecule has 0 spiro atoms. The molecule has 128 valence electrons. The highest BCUT2D eigenvalue weighted by Gasteiger charge is 2.21. The van der Waals surface area contributed by atoms with Crippen LogP contribution in [0.4, 0.5) is 5.69 Å². The maximum absolute atomic E-state index is 12.3. The topological polar surface area (TPSA) is 47.6 Å². The molecule has 0 atom stereocenters. The Morgan fingerprint density at radius 3 is 2.88 bits per heavy atom. The molecule has 1 amide bonds. The van der Waals surface area contributed by atoms with Crippen LogP contribution in [0, 0.1) is 0 Å². The molecule has 1 N–H and O–H groups in total. The van der Waals surface area contributed by atoms with Gasteiger partial charge in [-0.2, -0.15) is 0 Å².